The minimum absolute atomic E-state index is 0.104. The summed E-state index contributed by atoms with van der Waals surface area (Å²) < 4.78 is 6.31. The molecule has 2 aromatic rings. The van der Waals surface area contributed by atoms with E-state index in [1.807, 2.05) is 11.6 Å². The van der Waals surface area contributed by atoms with Gasteiger partial charge in [-0.15, -0.1) is 11.3 Å². The first-order chi connectivity index (χ1) is 13.0. The molecular formula is C22H30N2O2S. The molecule has 1 saturated heterocycles. The van der Waals surface area contributed by atoms with Crippen molar-refractivity contribution in [1.29, 1.82) is 0 Å². The molecule has 2 heterocycles. The number of aromatic nitrogens is 1. The van der Waals surface area contributed by atoms with Gasteiger partial charge in [-0.05, 0) is 60.8 Å². The van der Waals surface area contributed by atoms with Gasteiger partial charge in [0.15, 0.2) is 0 Å². The number of benzene rings is 1. The minimum Gasteiger partial charge on any atom is -0.488 e. The van der Waals surface area contributed by atoms with E-state index in [1.54, 1.807) is 11.3 Å². The number of fused-ring (bicyclic) bond motifs is 1. The van der Waals surface area contributed by atoms with E-state index in [0.717, 1.165) is 38.2 Å². The number of ether oxygens (including phenoxy) is 1. The number of nitrogens with zero attached hydrogens (tertiary/aromatic N) is 2. The van der Waals surface area contributed by atoms with E-state index >= 15 is 0 Å². The number of thiazole rings is 1. The molecular weight excluding hydrogens is 356 g/mol. The Morgan fingerprint density at radius 3 is 2.70 bits per heavy atom. The standard InChI is InChI=1S/C22H30N2O2S/c1-14(2)16-6-15(3)7-19(8-16)26-21-10-18-12-24(11-17(18)9-20(21)25)13-22-23-4-5-27-22/h4-8,14,17-18,20-21,25H,9-13H2,1-3H3/t17-,18+,20+,21+/m0/s1. The van der Waals surface area contributed by atoms with Crippen molar-refractivity contribution in [2.24, 2.45) is 11.8 Å². The van der Waals surface area contributed by atoms with Crippen LogP contribution in [0.2, 0.25) is 0 Å². The lowest BCUT2D eigenvalue weighted by Gasteiger charge is -2.35. The maximum Gasteiger partial charge on any atom is 0.125 e. The summed E-state index contributed by atoms with van der Waals surface area (Å²) in [5.41, 5.74) is 2.51. The molecule has 4 rings (SSSR count). The van der Waals surface area contributed by atoms with Gasteiger partial charge in [0.1, 0.15) is 16.9 Å². The van der Waals surface area contributed by atoms with E-state index in [4.69, 9.17) is 4.74 Å². The van der Waals surface area contributed by atoms with Gasteiger partial charge in [-0.25, -0.2) is 4.98 Å². The Labute approximate surface area is 166 Å². The summed E-state index contributed by atoms with van der Waals surface area (Å²) in [5, 5.41) is 13.9. The third-order valence-electron chi connectivity index (χ3n) is 6.03. The zero-order valence-corrected chi connectivity index (χ0v) is 17.3. The second kappa shape index (κ2) is 7.90. The molecule has 0 amide bonds. The fourth-order valence-electron chi connectivity index (χ4n) is 4.62. The molecule has 0 radical (unpaired) electrons. The molecule has 4 atom stereocenters. The van der Waals surface area contributed by atoms with Crippen molar-refractivity contribution in [3.8, 4) is 5.75 Å². The maximum atomic E-state index is 10.7. The first-order valence-electron chi connectivity index (χ1n) is 10.0. The molecule has 1 aromatic heterocycles. The number of hydrogen-bond acceptors (Lipinski definition) is 5. The Morgan fingerprint density at radius 1 is 1.22 bits per heavy atom. The van der Waals surface area contributed by atoms with Crippen molar-refractivity contribution in [3.63, 3.8) is 0 Å². The van der Waals surface area contributed by atoms with Crippen LogP contribution >= 0.6 is 11.3 Å². The molecule has 1 saturated carbocycles. The average Bonchev–Trinajstić information content (AvgIpc) is 3.24. The van der Waals surface area contributed by atoms with Gasteiger partial charge in [0, 0.05) is 24.7 Å². The summed E-state index contributed by atoms with van der Waals surface area (Å²) in [5.74, 6) is 2.55. The Morgan fingerprint density at radius 2 is 2.00 bits per heavy atom. The SMILES string of the molecule is Cc1cc(O[C@@H]2C[C@@H]3CN(Cc4nccs4)C[C@@H]3C[C@H]2O)cc(C(C)C)c1. The van der Waals surface area contributed by atoms with Crippen LogP contribution in [0.5, 0.6) is 5.75 Å². The highest BCUT2D eigenvalue weighted by Gasteiger charge is 2.42. The molecule has 2 aliphatic rings. The van der Waals surface area contributed by atoms with Gasteiger partial charge in [-0.3, -0.25) is 4.90 Å². The highest BCUT2D eigenvalue weighted by atomic mass is 32.1. The number of aryl methyl sites for hydroxylation is 1. The van der Waals surface area contributed by atoms with Gasteiger partial charge in [-0.2, -0.15) is 0 Å². The van der Waals surface area contributed by atoms with Crippen molar-refractivity contribution in [2.45, 2.75) is 58.3 Å². The third kappa shape index (κ3) is 4.36. The molecule has 5 heteroatoms. The number of hydrogen-bond donors (Lipinski definition) is 1. The first-order valence-corrected chi connectivity index (χ1v) is 10.9. The molecule has 0 bridgehead atoms. The minimum atomic E-state index is -0.380. The number of aliphatic hydroxyl groups excluding tert-OH is 1. The van der Waals surface area contributed by atoms with E-state index in [2.05, 4.69) is 48.9 Å². The van der Waals surface area contributed by atoms with Gasteiger partial charge in [-0.1, -0.05) is 19.9 Å². The van der Waals surface area contributed by atoms with Crippen molar-refractivity contribution in [1.82, 2.24) is 9.88 Å². The van der Waals surface area contributed by atoms with Crippen LogP contribution in [0.15, 0.2) is 29.8 Å². The maximum absolute atomic E-state index is 10.7. The average molecular weight is 387 g/mol. The van der Waals surface area contributed by atoms with Crippen molar-refractivity contribution in [3.05, 3.63) is 45.9 Å². The molecule has 1 aliphatic carbocycles. The Hall–Kier alpha value is -1.43. The fourth-order valence-corrected chi connectivity index (χ4v) is 5.28. The Kier molecular flexibility index (Phi) is 5.53. The molecule has 1 aliphatic heterocycles. The lowest BCUT2D eigenvalue weighted by atomic mass is 9.78. The Bertz CT molecular complexity index is 762. The molecule has 1 N–H and O–H groups in total. The highest BCUT2D eigenvalue weighted by molar-refractivity contribution is 7.09. The summed E-state index contributed by atoms with van der Waals surface area (Å²) in [6, 6.07) is 6.45. The molecule has 27 heavy (non-hydrogen) atoms. The second-order valence-corrected chi connectivity index (χ2v) is 9.55. The molecule has 4 nitrogen and oxygen atoms in total. The molecule has 2 fully saturated rings. The van der Waals surface area contributed by atoms with Crippen molar-refractivity contribution < 1.29 is 9.84 Å². The normalized spacial score (nSPS) is 28.5. The quantitative estimate of drug-likeness (QED) is 0.835. The predicted molar refractivity (Wildman–Crippen MR) is 109 cm³/mol. The Balaban J connectivity index is 1.41. The van der Waals surface area contributed by atoms with Crippen LogP contribution in [0.1, 0.15) is 48.7 Å². The molecule has 146 valence electrons. The highest BCUT2D eigenvalue weighted by Crippen LogP contribution is 2.39. The van der Waals surface area contributed by atoms with E-state index < -0.39 is 0 Å². The topological polar surface area (TPSA) is 45.6 Å². The van der Waals surface area contributed by atoms with E-state index in [9.17, 15) is 5.11 Å². The summed E-state index contributed by atoms with van der Waals surface area (Å²) in [6.07, 6.45) is 3.17. The van der Waals surface area contributed by atoms with Gasteiger partial charge in [0.05, 0.1) is 12.6 Å². The first kappa shape index (κ1) is 18.9. The van der Waals surface area contributed by atoms with Crippen molar-refractivity contribution >= 4 is 11.3 Å². The van der Waals surface area contributed by atoms with Gasteiger partial charge >= 0.3 is 0 Å². The predicted octanol–water partition coefficient (Wildman–Crippen LogP) is 4.23. The smallest absolute Gasteiger partial charge is 0.125 e. The van der Waals surface area contributed by atoms with Gasteiger partial charge in [0.25, 0.3) is 0 Å². The monoisotopic (exact) mass is 386 g/mol. The van der Waals surface area contributed by atoms with Crippen LogP contribution in [0.4, 0.5) is 0 Å². The fraction of sp³-hybridized carbons (Fsp3) is 0.591. The summed E-state index contributed by atoms with van der Waals surface area (Å²) >= 11 is 1.72. The van der Waals surface area contributed by atoms with Crippen LogP contribution in [-0.4, -0.2) is 40.3 Å². The molecule has 0 spiro atoms. The zero-order valence-electron chi connectivity index (χ0n) is 16.5. The van der Waals surface area contributed by atoms with E-state index in [-0.39, 0.29) is 12.2 Å². The van der Waals surface area contributed by atoms with Gasteiger partial charge < -0.3 is 9.84 Å². The number of likely N-dealkylation sites (tertiary alicyclic amines) is 1. The summed E-state index contributed by atoms with van der Waals surface area (Å²) in [4.78, 5) is 6.91. The zero-order chi connectivity index (χ0) is 19.0. The van der Waals surface area contributed by atoms with Crippen LogP contribution in [-0.2, 0) is 6.54 Å². The number of rotatable bonds is 5. The van der Waals surface area contributed by atoms with Gasteiger partial charge in [0.2, 0.25) is 0 Å². The largest absolute Gasteiger partial charge is 0.488 e. The second-order valence-electron chi connectivity index (χ2n) is 8.57. The summed E-state index contributed by atoms with van der Waals surface area (Å²) in [7, 11) is 0. The van der Waals surface area contributed by atoms with Crippen LogP contribution in [0.3, 0.4) is 0 Å². The molecule has 1 aromatic carbocycles. The summed E-state index contributed by atoms with van der Waals surface area (Å²) in [6.45, 7) is 9.60. The van der Waals surface area contributed by atoms with Crippen LogP contribution in [0, 0.1) is 18.8 Å². The number of aliphatic hydroxyl groups is 1. The third-order valence-corrected chi connectivity index (χ3v) is 6.79. The molecule has 0 unspecified atom stereocenters. The van der Waals surface area contributed by atoms with Crippen molar-refractivity contribution in [2.75, 3.05) is 13.1 Å². The lowest BCUT2D eigenvalue weighted by molar-refractivity contribution is -0.0232. The van der Waals surface area contributed by atoms with Crippen LogP contribution < -0.4 is 4.74 Å². The van der Waals surface area contributed by atoms with Crippen LogP contribution in [0.25, 0.3) is 0 Å². The lowest BCUT2D eigenvalue weighted by Crippen LogP contribution is -2.42. The van der Waals surface area contributed by atoms with E-state index in [0.29, 0.717) is 17.8 Å². The van der Waals surface area contributed by atoms with E-state index in [1.165, 1.54) is 16.1 Å².